The van der Waals surface area contributed by atoms with E-state index in [-0.39, 0.29) is 42.2 Å². The molecule has 1 atom stereocenters. The van der Waals surface area contributed by atoms with E-state index in [1.807, 2.05) is 31.2 Å². The van der Waals surface area contributed by atoms with Crippen molar-refractivity contribution >= 4 is 29.3 Å². The lowest BCUT2D eigenvalue weighted by atomic mass is 9.98. The van der Waals surface area contributed by atoms with E-state index in [9.17, 15) is 14.4 Å². The van der Waals surface area contributed by atoms with Gasteiger partial charge in [-0.2, -0.15) is 0 Å². The summed E-state index contributed by atoms with van der Waals surface area (Å²) in [5.74, 6) is -1.28. The van der Waals surface area contributed by atoms with Gasteiger partial charge in [-0.05, 0) is 28.2 Å². The van der Waals surface area contributed by atoms with Gasteiger partial charge in [-0.25, -0.2) is 14.6 Å². The number of aromatic nitrogens is 1. The van der Waals surface area contributed by atoms with E-state index in [1.54, 1.807) is 0 Å². The first-order chi connectivity index (χ1) is 17.0. The molecule has 0 aliphatic heterocycles. The van der Waals surface area contributed by atoms with E-state index in [0.717, 1.165) is 22.5 Å². The van der Waals surface area contributed by atoms with E-state index >= 15 is 0 Å². The van der Waals surface area contributed by atoms with Gasteiger partial charge in [0.25, 0.3) is 0 Å². The summed E-state index contributed by atoms with van der Waals surface area (Å²) in [6.45, 7) is 2.69. The SMILES string of the molecule is CCC(CNC(=O)OCC1c2ccccc2-c2ccccc21)CC(=O)NCc1ncc(C(=O)O)s1. The van der Waals surface area contributed by atoms with Gasteiger partial charge >= 0.3 is 12.1 Å². The molecule has 0 saturated heterocycles. The summed E-state index contributed by atoms with van der Waals surface area (Å²) in [4.78, 5) is 39.8. The molecule has 8 nitrogen and oxygen atoms in total. The van der Waals surface area contributed by atoms with Crippen molar-refractivity contribution in [3.63, 3.8) is 0 Å². The summed E-state index contributed by atoms with van der Waals surface area (Å²) in [6.07, 6.45) is 1.71. The van der Waals surface area contributed by atoms with Gasteiger partial charge in [0.1, 0.15) is 16.5 Å². The molecule has 4 rings (SSSR count). The number of carboxylic acids is 1. The van der Waals surface area contributed by atoms with Crippen LogP contribution in [-0.4, -0.2) is 41.2 Å². The largest absolute Gasteiger partial charge is 0.477 e. The molecule has 2 aromatic carbocycles. The molecule has 2 amide bonds. The van der Waals surface area contributed by atoms with Crippen LogP contribution in [-0.2, 0) is 16.1 Å². The lowest BCUT2D eigenvalue weighted by molar-refractivity contribution is -0.122. The maximum absolute atomic E-state index is 12.4. The predicted molar refractivity (Wildman–Crippen MR) is 132 cm³/mol. The highest BCUT2D eigenvalue weighted by molar-refractivity contribution is 7.13. The molecule has 3 aromatic rings. The molecule has 3 N–H and O–H groups in total. The van der Waals surface area contributed by atoms with Crippen molar-refractivity contribution in [3.8, 4) is 11.1 Å². The van der Waals surface area contributed by atoms with Crippen molar-refractivity contribution in [1.82, 2.24) is 15.6 Å². The maximum atomic E-state index is 12.4. The number of aromatic carboxylic acids is 1. The first-order valence-corrected chi connectivity index (χ1v) is 12.3. The van der Waals surface area contributed by atoms with Gasteiger partial charge < -0.3 is 20.5 Å². The number of amides is 2. The van der Waals surface area contributed by atoms with E-state index in [0.29, 0.717) is 18.0 Å². The number of ether oxygens (including phenoxy) is 1. The van der Waals surface area contributed by atoms with Crippen LogP contribution in [0.3, 0.4) is 0 Å². The minimum atomic E-state index is -1.04. The highest BCUT2D eigenvalue weighted by Gasteiger charge is 2.29. The number of carboxylic acid groups (broad SMARTS) is 1. The highest BCUT2D eigenvalue weighted by Crippen LogP contribution is 2.44. The lowest BCUT2D eigenvalue weighted by Gasteiger charge is -2.17. The fourth-order valence-electron chi connectivity index (χ4n) is 4.24. The van der Waals surface area contributed by atoms with Crippen LogP contribution in [0.25, 0.3) is 11.1 Å². The minimum Gasteiger partial charge on any atom is -0.477 e. The molecule has 1 aliphatic carbocycles. The molecule has 0 saturated carbocycles. The Balaban J connectivity index is 1.23. The van der Waals surface area contributed by atoms with Crippen LogP contribution < -0.4 is 10.6 Å². The Labute approximate surface area is 207 Å². The topological polar surface area (TPSA) is 118 Å². The Morgan fingerprint density at radius 3 is 2.31 bits per heavy atom. The Hall–Kier alpha value is -3.72. The standard InChI is InChI=1S/C26H27N3O5S/c1-2-16(11-23(30)27-14-24-28-13-22(35-24)25(31)32)12-29-26(33)34-15-21-19-9-5-3-7-17(19)18-8-4-6-10-20(18)21/h3-10,13,16,21H,2,11-12,14-15H2,1H3,(H,27,30)(H,29,33)(H,31,32). The first kappa shape index (κ1) is 24.4. The first-order valence-electron chi connectivity index (χ1n) is 11.5. The van der Waals surface area contributed by atoms with Gasteiger partial charge in [-0.15, -0.1) is 11.3 Å². The summed E-state index contributed by atoms with van der Waals surface area (Å²) < 4.78 is 5.56. The number of rotatable bonds is 10. The van der Waals surface area contributed by atoms with E-state index in [4.69, 9.17) is 9.84 Å². The number of carbonyl (C=O) groups excluding carboxylic acids is 2. The fourth-order valence-corrected chi connectivity index (χ4v) is 4.93. The number of benzene rings is 2. The third-order valence-corrected chi connectivity index (χ3v) is 7.12. The lowest BCUT2D eigenvalue weighted by Crippen LogP contribution is -2.33. The van der Waals surface area contributed by atoms with Crippen LogP contribution in [0.2, 0.25) is 0 Å². The van der Waals surface area contributed by atoms with Crippen LogP contribution in [0.1, 0.15) is 51.5 Å². The number of hydrogen-bond donors (Lipinski definition) is 3. The molecular weight excluding hydrogens is 466 g/mol. The third-order valence-electron chi connectivity index (χ3n) is 6.13. The van der Waals surface area contributed by atoms with Gasteiger partial charge in [0.2, 0.25) is 5.91 Å². The number of hydrogen-bond acceptors (Lipinski definition) is 6. The van der Waals surface area contributed by atoms with Crippen molar-refractivity contribution < 1.29 is 24.2 Å². The van der Waals surface area contributed by atoms with Gasteiger partial charge in [-0.1, -0.05) is 61.9 Å². The average molecular weight is 494 g/mol. The Morgan fingerprint density at radius 2 is 1.71 bits per heavy atom. The minimum absolute atomic E-state index is 0.00611. The van der Waals surface area contributed by atoms with Crippen molar-refractivity contribution in [2.24, 2.45) is 5.92 Å². The van der Waals surface area contributed by atoms with E-state index < -0.39 is 12.1 Å². The average Bonchev–Trinajstić information content (AvgIpc) is 3.47. The number of nitrogens with one attached hydrogen (secondary N) is 2. The Bertz CT molecular complexity index is 1180. The molecule has 35 heavy (non-hydrogen) atoms. The van der Waals surface area contributed by atoms with Gasteiger partial charge in [0.15, 0.2) is 0 Å². The molecule has 182 valence electrons. The Morgan fingerprint density at radius 1 is 1.06 bits per heavy atom. The van der Waals surface area contributed by atoms with Crippen molar-refractivity contribution in [2.45, 2.75) is 32.2 Å². The van der Waals surface area contributed by atoms with Crippen molar-refractivity contribution in [2.75, 3.05) is 13.2 Å². The number of nitrogens with zero attached hydrogens (tertiary/aromatic N) is 1. The molecule has 1 unspecified atom stereocenters. The van der Waals surface area contributed by atoms with Gasteiger partial charge in [0.05, 0.1) is 12.7 Å². The smallest absolute Gasteiger partial charge is 0.407 e. The van der Waals surface area contributed by atoms with Gasteiger partial charge in [0, 0.05) is 18.9 Å². The fraction of sp³-hybridized carbons (Fsp3) is 0.308. The van der Waals surface area contributed by atoms with Crippen molar-refractivity contribution in [3.05, 3.63) is 75.7 Å². The monoisotopic (exact) mass is 493 g/mol. The summed E-state index contributed by atoms with van der Waals surface area (Å²) in [5, 5.41) is 15.0. The quantitative estimate of drug-likeness (QED) is 0.385. The van der Waals surface area contributed by atoms with Crippen molar-refractivity contribution in [1.29, 1.82) is 0 Å². The summed E-state index contributed by atoms with van der Waals surface area (Å²) in [6, 6.07) is 16.3. The van der Waals surface area contributed by atoms with Gasteiger partial charge in [-0.3, -0.25) is 4.79 Å². The van der Waals surface area contributed by atoms with E-state index in [2.05, 4.69) is 39.9 Å². The molecular formula is C26H27N3O5S. The second-order valence-corrected chi connectivity index (χ2v) is 9.50. The normalized spacial score (nSPS) is 12.9. The zero-order valence-electron chi connectivity index (χ0n) is 19.3. The molecule has 0 radical (unpaired) electrons. The number of fused-ring (bicyclic) bond motifs is 3. The van der Waals surface area contributed by atoms with E-state index in [1.165, 1.54) is 17.3 Å². The summed E-state index contributed by atoms with van der Waals surface area (Å²) in [5.41, 5.74) is 4.65. The maximum Gasteiger partial charge on any atom is 0.407 e. The molecule has 1 heterocycles. The van der Waals surface area contributed by atoms with Crippen LogP contribution in [0.4, 0.5) is 4.79 Å². The second kappa shape index (κ2) is 11.1. The number of thiazole rings is 1. The molecule has 1 aliphatic rings. The second-order valence-electron chi connectivity index (χ2n) is 8.38. The van der Waals surface area contributed by atoms with Crippen LogP contribution >= 0.6 is 11.3 Å². The third kappa shape index (κ3) is 5.86. The molecule has 9 heteroatoms. The molecule has 0 bridgehead atoms. The molecule has 1 aromatic heterocycles. The summed E-state index contributed by atoms with van der Waals surface area (Å²) >= 11 is 1.03. The number of carbonyl (C=O) groups is 3. The van der Waals surface area contributed by atoms with Crippen LogP contribution in [0.5, 0.6) is 0 Å². The molecule has 0 spiro atoms. The van der Waals surface area contributed by atoms with Crippen LogP contribution in [0, 0.1) is 5.92 Å². The molecule has 0 fully saturated rings. The zero-order chi connectivity index (χ0) is 24.8. The Kier molecular flexibility index (Phi) is 7.77. The van der Waals surface area contributed by atoms with Crippen LogP contribution in [0.15, 0.2) is 54.7 Å². The summed E-state index contributed by atoms with van der Waals surface area (Å²) in [7, 11) is 0. The number of alkyl carbamates (subject to hydrolysis) is 1. The zero-order valence-corrected chi connectivity index (χ0v) is 20.1. The highest BCUT2D eigenvalue weighted by atomic mass is 32.1. The predicted octanol–water partition coefficient (Wildman–Crippen LogP) is 4.41.